The van der Waals surface area contributed by atoms with E-state index in [0.29, 0.717) is 40.3 Å². The fraction of sp³-hybridized carbons (Fsp3) is 0.650. The molecule has 1 heterocycles. The zero-order valence-corrected chi connectivity index (χ0v) is 15.1. The second-order valence-electron chi connectivity index (χ2n) is 7.91. The van der Waals surface area contributed by atoms with Crippen LogP contribution in [0, 0.1) is 23.7 Å². The molecule has 2 fully saturated rings. The van der Waals surface area contributed by atoms with E-state index in [1.165, 1.54) is 24.8 Å². The lowest BCUT2D eigenvalue weighted by atomic mass is 9.65. The Morgan fingerprint density at radius 1 is 1.29 bits per heavy atom. The van der Waals surface area contributed by atoms with Crippen LogP contribution in [0.1, 0.15) is 67.8 Å². The summed E-state index contributed by atoms with van der Waals surface area (Å²) in [5, 5.41) is 13.9. The predicted octanol–water partition coefficient (Wildman–Crippen LogP) is 5.40. The summed E-state index contributed by atoms with van der Waals surface area (Å²) in [6, 6.07) is 4.03. The van der Waals surface area contributed by atoms with Crippen LogP contribution in [0.3, 0.4) is 0 Å². The summed E-state index contributed by atoms with van der Waals surface area (Å²) in [4.78, 5) is 11.8. The minimum Gasteiger partial charge on any atom is -0.478 e. The van der Waals surface area contributed by atoms with Gasteiger partial charge in [-0.2, -0.15) is 0 Å². The largest absolute Gasteiger partial charge is 0.478 e. The van der Waals surface area contributed by atoms with Gasteiger partial charge >= 0.3 is 5.97 Å². The van der Waals surface area contributed by atoms with Gasteiger partial charge in [-0.05, 0) is 66.5 Å². The number of nitrogens with one attached hydrogen (secondary N) is 1. The van der Waals surface area contributed by atoms with Crippen molar-refractivity contribution in [2.24, 2.45) is 23.7 Å². The van der Waals surface area contributed by atoms with Gasteiger partial charge in [-0.3, -0.25) is 0 Å². The Kier molecular flexibility index (Phi) is 4.03. The molecule has 2 saturated carbocycles. The number of carboxylic acids is 1. The van der Waals surface area contributed by atoms with Gasteiger partial charge in [0.1, 0.15) is 0 Å². The molecular weight excluding hydrogens is 322 g/mol. The summed E-state index contributed by atoms with van der Waals surface area (Å²) in [6.45, 7) is 4.51. The zero-order valence-electron chi connectivity index (χ0n) is 14.4. The molecular formula is C20H26ClNO2. The summed E-state index contributed by atoms with van der Waals surface area (Å²) >= 11 is 6.28. The number of rotatable bonds is 4. The molecule has 0 unspecified atom stereocenters. The molecule has 1 aromatic rings. The molecule has 5 atom stereocenters. The topological polar surface area (TPSA) is 49.3 Å². The van der Waals surface area contributed by atoms with Crippen molar-refractivity contribution in [2.45, 2.75) is 57.9 Å². The molecule has 4 rings (SSSR count). The summed E-state index contributed by atoms with van der Waals surface area (Å²) in [6.07, 6.45) is 6.21. The number of halogens is 1. The molecule has 130 valence electrons. The SMILES string of the molecule is CCC(CC)[C@@H]1Nc2c(C(=O)O)cc(Cl)cc2[C@@H]2[C@H]3CC[C@@H](C3)[C@@H]21. The summed E-state index contributed by atoms with van der Waals surface area (Å²) < 4.78 is 0. The molecule has 2 bridgehead atoms. The van der Waals surface area contributed by atoms with Crippen molar-refractivity contribution >= 4 is 23.3 Å². The fourth-order valence-corrected chi connectivity index (χ4v) is 6.25. The molecule has 24 heavy (non-hydrogen) atoms. The van der Waals surface area contributed by atoms with Gasteiger partial charge in [-0.25, -0.2) is 4.79 Å². The molecule has 0 radical (unpaired) electrons. The van der Waals surface area contributed by atoms with Gasteiger partial charge in [0.05, 0.1) is 11.3 Å². The van der Waals surface area contributed by atoms with E-state index < -0.39 is 5.97 Å². The number of fused-ring (bicyclic) bond motifs is 7. The van der Waals surface area contributed by atoms with Crippen LogP contribution in [-0.4, -0.2) is 17.1 Å². The maximum absolute atomic E-state index is 11.8. The van der Waals surface area contributed by atoms with E-state index >= 15 is 0 Å². The molecule has 2 N–H and O–H groups in total. The average molecular weight is 348 g/mol. The van der Waals surface area contributed by atoms with Gasteiger partial charge in [-0.15, -0.1) is 0 Å². The lowest BCUT2D eigenvalue weighted by molar-refractivity contribution is 0.0697. The smallest absolute Gasteiger partial charge is 0.337 e. The number of carbonyl (C=O) groups is 1. The number of anilines is 1. The Balaban J connectivity index is 1.86. The molecule has 0 spiro atoms. The minimum absolute atomic E-state index is 0.342. The van der Waals surface area contributed by atoms with E-state index in [1.54, 1.807) is 6.07 Å². The van der Waals surface area contributed by atoms with E-state index in [1.807, 2.05) is 6.07 Å². The molecule has 4 heteroatoms. The fourth-order valence-electron chi connectivity index (χ4n) is 6.03. The van der Waals surface area contributed by atoms with E-state index in [4.69, 9.17) is 11.6 Å². The van der Waals surface area contributed by atoms with Crippen molar-refractivity contribution in [1.29, 1.82) is 0 Å². The first-order valence-electron chi connectivity index (χ1n) is 9.38. The van der Waals surface area contributed by atoms with Crippen LogP contribution in [0.4, 0.5) is 5.69 Å². The third-order valence-corrected chi connectivity index (χ3v) is 7.20. The number of carboxylic acid groups (broad SMARTS) is 1. The van der Waals surface area contributed by atoms with Gasteiger partial charge in [-0.1, -0.05) is 38.3 Å². The van der Waals surface area contributed by atoms with Gasteiger partial charge in [0.15, 0.2) is 0 Å². The Bertz CT molecular complexity index is 670. The highest BCUT2D eigenvalue weighted by Crippen LogP contribution is 2.62. The first-order valence-corrected chi connectivity index (χ1v) is 9.76. The highest BCUT2D eigenvalue weighted by molar-refractivity contribution is 6.31. The van der Waals surface area contributed by atoms with E-state index in [2.05, 4.69) is 19.2 Å². The first-order chi connectivity index (χ1) is 11.5. The van der Waals surface area contributed by atoms with E-state index in [9.17, 15) is 9.90 Å². The maximum atomic E-state index is 11.8. The average Bonchev–Trinajstić information content (AvgIpc) is 3.17. The summed E-state index contributed by atoms with van der Waals surface area (Å²) in [5.74, 6) is 2.34. The Morgan fingerprint density at radius 2 is 2.00 bits per heavy atom. The second kappa shape index (κ2) is 5.94. The van der Waals surface area contributed by atoms with E-state index in [0.717, 1.165) is 24.4 Å². The zero-order chi connectivity index (χ0) is 17.0. The van der Waals surface area contributed by atoms with Crippen LogP contribution in [0.25, 0.3) is 0 Å². The third kappa shape index (κ3) is 2.28. The van der Waals surface area contributed by atoms with Crippen molar-refractivity contribution in [3.05, 3.63) is 28.3 Å². The molecule has 2 aliphatic carbocycles. The van der Waals surface area contributed by atoms with Crippen LogP contribution >= 0.6 is 11.6 Å². The standard InChI is InChI=1S/C20H26ClNO2/c1-3-10(4-2)18-17-12-6-5-11(7-12)16(17)14-8-13(21)9-15(20(23)24)19(14)22-18/h8-12,16-18,22H,3-7H2,1-2H3,(H,23,24)/t11-,12-,16-,17-,18-/m0/s1. The van der Waals surface area contributed by atoms with Gasteiger partial charge < -0.3 is 10.4 Å². The third-order valence-electron chi connectivity index (χ3n) is 6.99. The first kappa shape index (κ1) is 16.3. The Hall–Kier alpha value is -1.22. The van der Waals surface area contributed by atoms with Crippen LogP contribution < -0.4 is 5.32 Å². The second-order valence-corrected chi connectivity index (χ2v) is 8.34. The molecule has 3 aliphatic rings. The predicted molar refractivity (Wildman–Crippen MR) is 97.0 cm³/mol. The molecule has 1 aromatic carbocycles. The van der Waals surface area contributed by atoms with Crippen molar-refractivity contribution in [3.8, 4) is 0 Å². The lowest BCUT2D eigenvalue weighted by Gasteiger charge is -2.46. The van der Waals surface area contributed by atoms with Crippen molar-refractivity contribution in [3.63, 3.8) is 0 Å². The normalized spacial score (nSPS) is 33.2. The van der Waals surface area contributed by atoms with Crippen LogP contribution in [0.2, 0.25) is 5.02 Å². The summed E-state index contributed by atoms with van der Waals surface area (Å²) in [7, 11) is 0. The quantitative estimate of drug-likeness (QED) is 0.766. The minimum atomic E-state index is -0.883. The number of hydrogen-bond acceptors (Lipinski definition) is 2. The highest BCUT2D eigenvalue weighted by atomic mass is 35.5. The van der Waals surface area contributed by atoms with Crippen molar-refractivity contribution in [2.75, 3.05) is 5.32 Å². The van der Waals surface area contributed by atoms with E-state index in [-0.39, 0.29) is 0 Å². The number of benzene rings is 1. The summed E-state index contributed by atoms with van der Waals surface area (Å²) in [5.41, 5.74) is 2.35. The molecule has 3 nitrogen and oxygen atoms in total. The van der Waals surface area contributed by atoms with Crippen LogP contribution in [-0.2, 0) is 0 Å². The lowest BCUT2D eigenvalue weighted by Crippen LogP contribution is -2.45. The van der Waals surface area contributed by atoms with Crippen molar-refractivity contribution in [1.82, 2.24) is 0 Å². The molecule has 0 aromatic heterocycles. The van der Waals surface area contributed by atoms with Gasteiger partial charge in [0.25, 0.3) is 0 Å². The number of aromatic carboxylic acids is 1. The van der Waals surface area contributed by atoms with Crippen LogP contribution in [0.5, 0.6) is 0 Å². The Labute approximate surface area is 148 Å². The molecule has 1 aliphatic heterocycles. The van der Waals surface area contributed by atoms with Gasteiger partial charge in [0.2, 0.25) is 0 Å². The molecule has 0 saturated heterocycles. The highest BCUT2D eigenvalue weighted by Gasteiger charge is 2.54. The Morgan fingerprint density at radius 3 is 2.67 bits per heavy atom. The maximum Gasteiger partial charge on any atom is 0.337 e. The van der Waals surface area contributed by atoms with Crippen molar-refractivity contribution < 1.29 is 9.90 Å². The van der Waals surface area contributed by atoms with Crippen LogP contribution in [0.15, 0.2) is 12.1 Å². The monoisotopic (exact) mass is 347 g/mol. The van der Waals surface area contributed by atoms with Gasteiger partial charge in [0, 0.05) is 11.1 Å². The molecule has 0 amide bonds. The number of hydrogen-bond donors (Lipinski definition) is 2.